The molecular formula is C14H17N5. The Balaban J connectivity index is 1.85. The van der Waals surface area contributed by atoms with E-state index in [9.17, 15) is 0 Å². The molecule has 0 spiro atoms. The van der Waals surface area contributed by atoms with E-state index in [4.69, 9.17) is 5.73 Å². The Morgan fingerprint density at radius 1 is 1.11 bits per heavy atom. The van der Waals surface area contributed by atoms with Gasteiger partial charge in [0, 0.05) is 17.8 Å². The summed E-state index contributed by atoms with van der Waals surface area (Å²) in [5, 5.41) is 0. The molecule has 2 heterocycles. The van der Waals surface area contributed by atoms with Gasteiger partial charge in [0.2, 0.25) is 5.95 Å². The Morgan fingerprint density at radius 2 is 1.95 bits per heavy atom. The molecule has 1 aliphatic carbocycles. The summed E-state index contributed by atoms with van der Waals surface area (Å²) in [5.41, 5.74) is 6.75. The number of hydrogen-bond acceptors (Lipinski definition) is 5. The highest BCUT2D eigenvalue weighted by Crippen LogP contribution is 2.32. The van der Waals surface area contributed by atoms with E-state index in [-0.39, 0.29) is 0 Å². The molecule has 0 unspecified atom stereocenters. The van der Waals surface area contributed by atoms with Crippen LogP contribution in [0.15, 0.2) is 24.4 Å². The molecule has 0 atom stereocenters. The molecule has 5 heteroatoms. The standard InChI is InChI=1S/C14H17N5/c15-14-18-12(9-11-7-3-4-8-16-11)17-13(19-14)10-5-1-2-6-10/h3-4,7-8,10H,1-2,5-6,9H2,(H2,15,17,18,19). The molecule has 0 radical (unpaired) electrons. The minimum atomic E-state index is 0.322. The van der Waals surface area contributed by atoms with Crippen LogP contribution in [0, 0.1) is 0 Å². The molecule has 1 aliphatic rings. The third kappa shape index (κ3) is 2.86. The maximum Gasteiger partial charge on any atom is 0.223 e. The van der Waals surface area contributed by atoms with Crippen molar-refractivity contribution in [3.8, 4) is 0 Å². The maximum atomic E-state index is 5.80. The average molecular weight is 255 g/mol. The first kappa shape index (κ1) is 12.0. The van der Waals surface area contributed by atoms with Crippen LogP contribution < -0.4 is 5.73 Å². The second-order valence-electron chi connectivity index (χ2n) is 4.95. The van der Waals surface area contributed by atoms with Crippen LogP contribution in [0.3, 0.4) is 0 Å². The fourth-order valence-electron chi connectivity index (χ4n) is 2.57. The highest BCUT2D eigenvalue weighted by Gasteiger charge is 2.21. The van der Waals surface area contributed by atoms with Gasteiger partial charge in [-0.05, 0) is 25.0 Å². The first-order chi connectivity index (χ1) is 9.31. The van der Waals surface area contributed by atoms with Crippen LogP contribution in [0.25, 0.3) is 0 Å². The topological polar surface area (TPSA) is 77.6 Å². The normalized spacial score (nSPS) is 15.8. The smallest absolute Gasteiger partial charge is 0.223 e. The van der Waals surface area contributed by atoms with Gasteiger partial charge in [-0.1, -0.05) is 18.9 Å². The van der Waals surface area contributed by atoms with Crippen molar-refractivity contribution in [2.24, 2.45) is 0 Å². The van der Waals surface area contributed by atoms with Crippen LogP contribution in [0.1, 0.15) is 48.9 Å². The number of rotatable bonds is 3. The van der Waals surface area contributed by atoms with Crippen LogP contribution >= 0.6 is 0 Å². The summed E-state index contributed by atoms with van der Waals surface area (Å²) < 4.78 is 0. The molecule has 2 aromatic rings. The fourth-order valence-corrected chi connectivity index (χ4v) is 2.57. The van der Waals surface area contributed by atoms with Gasteiger partial charge in [0.15, 0.2) is 0 Å². The number of nitrogens with zero attached hydrogens (tertiary/aromatic N) is 4. The lowest BCUT2D eigenvalue weighted by atomic mass is 10.1. The summed E-state index contributed by atoms with van der Waals surface area (Å²) in [6, 6.07) is 5.83. The number of hydrogen-bond donors (Lipinski definition) is 1. The molecule has 3 rings (SSSR count). The van der Waals surface area contributed by atoms with Gasteiger partial charge < -0.3 is 5.73 Å². The molecule has 98 valence electrons. The lowest BCUT2D eigenvalue weighted by Gasteiger charge is -2.09. The zero-order valence-corrected chi connectivity index (χ0v) is 10.8. The molecule has 1 fully saturated rings. The summed E-state index contributed by atoms with van der Waals surface area (Å²) in [6.45, 7) is 0. The zero-order valence-electron chi connectivity index (χ0n) is 10.8. The van der Waals surface area contributed by atoms with Crippen LogP contribution in [0.5, 0.6) is 0 Å². The average Bonchev–Trinajstić information content (AvgIpc) is 2.93. The second-order valence-corrected chi connectivity index (χ2v) is 4.95. The second kappa shape index (κ2) is 5.30. The van der Waals surface area contributed by atoms with Crippen molar-refractivity contribution in [1.82, 2.24) is 19.9 Å². The Bertz CT molecular complexity index is 549. The first-order valence-electron chi connectivity index (χ1n) is 6.71. The molecular weight excluding hydrogens is 238 g/mol. The number of aromatic nitrogens is 4. The van der Waals surface area contributed by atoms with E-state index in [0.29, 0.717) is 24.1 Å². The maximum absolute atomic E-state index is 5.80. The van der Waals surface area contributed by atoms with Crippen molar-refractivity contribution < 1.29 is 0 Å². The minimum Gasteiger partial charge on any atom is -0.368 e. The lowest BCUT2D eigenvalue weighted by Crippen LogP contribution is -2.10. The SMILES string of the molecule is Nc1nc(Cc2ccccn2)nc(C2CCCC2)n1. The van der Waals surface area contributed by atoms with E-state index in [0.717, 1.165) is 24.4 Å². The largest absolute Gasteiger partial charge is 0.368 e. The quantitative estimate of drug-likeness (QED) is 0.908. The van der Waals surface area contributed by atoms with Crippen molar-refractivity contribution in [2.45, 2.75) is 38.0 Å². The highest BCUT2D eigenvalue weighted by molar-refractivity contribution is 5.20. The van der Waals surface area contributed by atoms with E-state index >= 15 is 0 Å². The van der Waals surface area contributed by atoms with Gasteiger partial charge in [-0.25, -0.2) is 4.98 Å². The Labute approximate surface area is 112 Å². The minimum absolute atomic E-state index is 0.322. The molecule has 0 saturated heterocycles. The fraction of sp³-hybridized carbons (Fsp3) is 0.429. The lowest BCUT2D eigenvalue weighted by molar-refractivity contribution is 0.653. The molecule has 0 bridgehead atoms. The van der Waals surface area contributed by atoms with E-state index in [1.165, 1.54) is 12.8 Å². The monoisotopic (exact) mass is 255 g/mol. The van der Waals surface area contributed by atoms with Gasteiger partial charge >= 0.3 is 0 Å². The molecule has 5 nitrogen and oxygen atoms in total. The Morgan fingerprint density at radius 3 is 2.68 bits per heavy atom. The van der Waals surface area contributed by atoms with E-state index in [1.807, 2.05) is 18.2 Å². The van der Waals surface area contributed by atoms with Gasteiger partial charge in [0.1, 0.15) is 11.6 Å². The number of anilines is 1. The van der Waals surface area contributed by atoms with Gasteiger partial charge in [0.05, 0.1) is 6.42 Å². The summed E-state index contributed by atoms with van der Waals surface area (Å²) in [7, 11) is 0. The van der Waals surface area contributed by atoms with Crippen LogP contribution in [-0.4, -0.2) is 19.9 Å². The third-order valence-electron chi connectivity index (χ3n) is 3.50. The van der Waals surface area contributed by atoms with Crippen molar-refractivity contribution in [2.75, 3.05) is 5.73 Å². The predicted octanol–water partition coefficient (Wildman–Crippen LogP) is 2.10. The summed E-state index contributed by atoms with van der Waals surface area (Å²) >= 11 is 0. The van der Waals surface area contributed by atoms with Gasteiger partial charge in [0.25, 0.3) is 0 Å². The molecule has 19 heavy (non-hydrogen) atoms. The van der Waals surface area contributed by atoms with Gasteiger partial charge in [-0.2, -0.15) is 9.97 Å². The molecule has 0 aliphatic heterocycles. The van der Waals surface area contributed by atoms with E-state index in [2.05, 4.69) is 19.9 Å². The van der Waals surface area contributed by atoms with Crippen LogP contribution in [0.2, 0.25) is 0 Å². The zero-order chi connectivity index (χ0) is 13.1. The first-order valence-corrected chi connectivity index (χ1v) is 6.71. The highest BCUT2D eigenvalue weighted by atomic mass is 15.1. The van der Waals surface area contributed by atoms with Gasteiger partial charge in [-0.3, -0.25) is 4.98 Å². The van der Waals surface area contributed by atoms with Gasteiger partial charge in [-0.15, -0.1) is 0 Å². The van der Waals surface area contributed by atoms with Crippen molar-refractivity contribution in [1.29, 1.82) is 0 Å². The number of nitrogen functional groups attached to an aromatic ring is 1. The third-order valence-corrected chi connectivity index (χ3v) is 3.50. The molecule has 0 aromatic carbocycles. The molecule has 2 aromatic heterocycles. The van der Waals surface area contributed by atoms with Crippen LogP contribution in [-0.2, 0) is 6.42 Å². The Kier molecular flexibility index (Phi) is 3.35. The van der Waals surface area contributed by atoms with E-state index in [1.54, 1.807) is 6.20 Å². The molecule has 1 saturated carbocycles. The van der Waals surface area contributed by atoms with Crippen LogP contribution in [0.4, 0.5) is 5.95 Å². The van der Waals surface area contributed by atoms with Crippen molar-refractivity contribution >= 4 is 5.95 Å². The summed E-state index contributed by atoms with van der Waals surface area (Å²) in [5.74, 6) is 2.35. The van der Waals surface area contributed by atoms with Crippen molar-refractivity contribution in [3.63, 3.8) is 0 Å². The molecule has 2 N–H and O–H groups in total. The predicted molar refractivity (Wildman–Crippen MR) is 72.5 cm³/mol. The Hall–Kier alpha value is -2.04. The summed E-state index contributed by atoms with van der Waals surface area (Å²) in [4.78, 5) is 17.4. The van der Waals surface area contributed by atoms with Crippen molar-refractivity contribution in [3.05, 3.63) is 41.7 Å². The number of pyridine rings is 1. The number of nitrogens with two attached hydrogens (primary N) is 1. The molecule has 0 amide bonds. The van der Waals surface area contributed by atoms with E-state index < -0.39 is 0 Å². The summed E-state index contributed by atoms with van der Waals surface area (Å²) in [6.07, 6.45) is 7.21.